The monoisotopic (exact) mass is 226 g/mol. The first kappa shape index (κ1) is 10.6. The molecule has 0 radical (unpaired) electrons. The van der Waals surface area contributed by atoms with Crippen LogP contribution in [-0.4, -0.2) is 18.9 Å². The summed E-state index contributed by atoms with van der Waals surface area (Å²) in [4.78, 5) is 4.42. The van der Waals surface area contributed by atoms with Gasteiger partial charge in [0.1, 0.15) is 0 Å². The van der Waals surface area contributed by atoms with Crippen molar-refractivity contribution in [2.24, 2.45) is 4.99 Å². The molecule has 2 nitrogen and oxygen atoms in total. The quantitative estimate of drug-likeness (QED) is 0.824. The SMILES string of the molecule is Cc1ccc2c(c1)CCC(CC1CNC=N1)=C2. The van der Waals surface area contributed by atoms with Gasteiger partial charge >= 0.3 is 0 Å². The summed E-state index contributed by atoms with van der Waals surface area (Å²) in [6.45, 7) is 3.16. The Balaban J connectivity index is 1.79. The maximum Gasteiger partial charge on any atom is 0.0828 e. The van der Waals surface area contributed by atoms with Crippen LogP contribution in [0.15, 0.2) is 28.8 Å². The number of hydrogen-bond donors (Lipinski definition) is 1. The Morgan fingerprint density at radius 1 is 1.35 bits per heavy atom. The van der Waals surface area contributed by atoms with Crippen molar-refractivity contribution >= 4 is 12.4 Å². The maximum atomic E-state index is 4.42. The molecule has 1 aliphatic heterocycles. The maximum absolute atomic E-state index is 4.42. The molecule has 17 heavy (non-hydrogen) atoms. The Morgan fingerprint density at radius 2 is 2.29 bits per heavy atom. The standard InChI is InChI=1S/C15H18N2/c1-11-2-4-14-7-12(3-5-13(14)6-11)8-15-9-16-10-17-15/h2,4,6-7,10,15H,3,5,8-9H2,1H3,(H,16,17). The van der Waals surface area contributed by atoms with E-state index in [1.54, 1.807) is 5.57 Å². The Kier molecular flexibility index (Phi) is 2.71. The van der Waals surface area contributed by atoms with Gasteiger partial charge in [-0.1, -0.05) is 35.4 Å². The third-order valence-corrected chi connectivity index (χ3v) is 3.60. The van der Waals surface area contributed by atoms with Crippen LogP contribution in [0.5, 0.6) is 0 Å². The molecule has 1 aromatic carbocycles. The highest BCUT2D eigenvalue weighted by atomic mass is 15.0. The first-order valence-corrected chi connectivity index (χ1v) is 6.35. The van der Waals surface area contributed by atoms with Crippen molar-refractivity contribution in [2.45, 2.75) is 32.2 Å². The lowest BCUT2D eigenvalue weighted by molar-refractivity contribution is 0.668. The van der Waals surface area contributed by atoms with Crippen LogP contribution < -0.4 is 5.32 Å². The molecule has 0 amide bonds. The third-order valence-electron chi connectivity index (χ3n) is 3.60. The lowest BCUT2D eigenvalue weighted by Crippen LogP contribution is -2.16. The van der Waals surface area contributed by atoms with Gasteiger partial charge in [-0.15, -0.1) is 0 Å². The van der Waals surface area contributed by atoms with Gasteiger partial charge in [-0.25, -0.2) is 0 Å². The highest BCUT2D eigenvalue weighted by Crippen LogP contribution is 2.27. The molecule has 0 bridgehead atoms. The molecule has 2 heteroatoms. The molecule has 1 aliphatic carbocycles. The number of aryl methyl sites for hydroxylation is 2. The van der Waals surface area contributed by atoms with Crippen molar-refractivity contribution in [3.05, 3.63) is 40.5 Å². The van der Waals surface area contributed by atoms with Crippen molar-refractivity contribution in [3.63, 3.8) is 0 Å². The molecule has 0 fully saturated rings. The van der Waals surface area contributed by atoms with E-state index >= 15 is 0 Å². The predicted molar refractivity (Wildman–Crippen MR) is 72.4 cm³/mol. The molecule has 3 rings (SSSR count). The average molecular weight is 226 g/mol. The Hall–Kier alpha value is -1.57. The minimum Gasteiger partial charge on any atom is -0.374 e. The van der Waals surface area contributed by atoms with Gasteiger partial charge in [0.25, 0.3) is 0 Å². The summed E-state index contributed by atoms with van der Waals surface area (Å²) in [5, 5.41) is 3.17. The molecule has 0 saturated carbocycles. The molecule has 1 heterocycles. The number of nitrogens with zero attached hydrogens (tertiary/aromatic N) is 1. The third kappa shape index (κ3) is 2.26. The molecule has 0 spiro atoms. The molecule has 1 unspecified atom stereocenters. The Bertz CT molecular complexity index is 486. The van der Waals surface area contributed by atoms with E-state index in [0.29, 0.717) is 6.04 Å². The van der Waals surface area contributed by atoms with Gasteiger partial charge in [0.15, 0.2) is 0 Å². The summed E-state index contributed by atoms with van der Waals surface area (Å²) in [6.07, 6.45) is 7.70. The summed E-state index contributed by atoms with van der Waals surface area (Å²) in [5.41, 5.74) is 5.82. The topological polar surface area (TPSA) is 24.4 Å². The molecule has 1 N–H and O–H groups in total. The van der Waals surface area contributed by atoms with E-state index < -0.39 is 0 Å². The van der Waals surface area contributed by atoms with Gasteiger partial charge in [-0.3, -0.25) is 4.99 Å². The van der Waals surface area contributed by atoms with E-state index in [0.717, 1.165) is 13.0 Å². The van der Waals surface area contributed by atoms with Gasteiger partial charge in [0, 0.05) is 6.54 Å². The van der Waals surface area contributed by atoms with Crippen LogP contribution in [-0.2, 0) is 6.42 Å². The second-order valence-corrected chi connectivity index (χ2v) is 5.05. The van der Waals surface area contributed by atoms with Crippen LogP contribution >= 0.6 is 0 Å². The van der Waals surface area contributed by atoms with E-state index in [1.807, 2.05) is 6.34 Å². The van der Waals surface area contributed by atoms with Gasteiger partial charge in [-0.05, 0) is 37.3 Å². The lowest BCUT2D eigenvalue weighted by atomic mass is 9.88. The average Bonchev–Trinajstić information content (AvgIpc) is 2.82. The van der Waals surface area contributed by atoms with E-state index in [1.165, 1.54) is 29.5 Å². The molecule has 0 aromatic heterocycles. The summed E-state index contributed by atoms with van der Waals surface area (Å²) in [7, 11) is 0. The first-order valence-electron chi connectivity index (χ1n) is 6.35. The molecular formula is C15H18N2. The lowest BCUT2D eigenvalue weighted by Gasteiger charge is -2.18. The van der Waals surface area contributed by atoms with Crippen molar-refractivity contribution in [2.75, 3.05) is 6.54 Å². The fourth-order valence-corrected chi connectivity index (χ4v) is 2.67. The number of nitrogens with one attached hydrogen (secondary N) is 1. The van der Waals surface area contributed by atoms with Crippen LogP contribution in [0, 0.1) is 6.92 Å². The number of hydrogen-bond acceptors (Lipinski definition) is 2. The molecule has 88 valence electrons. The van der Waals surface area contributed by atoms with Crippen LogP contribution in [0.25, 0.3) is 6.08 Å². The zero-order valence-corrected chi connectivity index (χ0v) is 10.2. The summed E-state index contributed by atoms with van der Waals surface area (Å²) >= 11 is 0. The highest BCUT2D eigenvalue weighted by Gasteiger charge is 2.16. The number of benzene rings is 1. The van der Waals surface area contributed by atoms with E-state index in [9.17, 15) is 0 Å². The second kappa shape index (κ2) is 4.36. The van der Waals surface area contributed by atoms with Gasteiger partial charge < -0.3 is 5.32 Å². The van der Waals surface area contributed by atoms with Crippen molar-refractivity contribution in [1.82, 2.24) is 5.32 Å². The van der Waals surface area contributed by atoms with Crippen LogP contribution in [0.3, 0.4) is 0 Å². The minimum atomic E-state index is 0.452. The highest BCUT2D eigenvalue weighted by molar-refractivity contribution is 5.61. The van der Waals surface area contributed by atoms with E-state index in [2.05, 4.69) is 41.5 Å². The van der Waals surface area contributed by atoms with Crippen LogP contribution in [0.1, 0.15) is 29.5 Å². The van der Waals surface area contributed by atoms with Gasteiger partial charge in [0.05, 0.1) is 12.4 Å². The Labute approximate surface area is 102 Å². The fraction of sp³-hybridized carbons (Fsp3) is 0.400. The zero-order valence-electron chi connectivity index (χ0n) is 10.2. The number of fused-ring (bicyclic) bond motifs is 1. The Morgan fingerprint density at radius 3 is 3.12 bits per heavy atom. The van der Waals surface area contributed by atoms with Gasteiger partial charge in [0.2, 0.25) is 0 Å². The minimum absolute atomic E-state index is 0.452. The molecular weight excluding hydrogens is 208 g/mol. The normalized spacial score (nSPS) is 21.9. The van der Waals surface area contributed by atoms with Crippen molar-refractivity contribution in [3.8, 4) is 0 Å². The molecule has 1 atom stereocenters. The zero-order chi connectivity index (χ0) is 11.7. The molecule has 0 saturated heterocycles. The molecule has 1 aromatic rings. The van der Waals surface area contributed by atoms with Crippen LogP contribution in [0.2, 0.25) is 0 Å². The van der Waals surface area contributed by atoms with Crippen LogP contribution in [0.4, 0.5) is 0 Å². The van der Waals surface area contributed by atoms with E-state index in [4.69, 9.17) is 0 Å². The summed E-state index contributed by atoms with van der Waals surface area (Å²) < 4.78 is 0. The predicted octanol–water partition coefficient (Wildman–Crippen LogP) is 2.71. The largest absolute Gasteiger partial charge is 0.374 e. The van der Waals surface area contributed by atoms with Crippen molar-refractivity contribution in [1.29, 1.82) is 0 Å². The van der Waals surface area contributed by atoms with Crippen molar-refractivity contribution < 1.29 is 0 Å². The fourth-order valence-electron chi connectivity index (χ4n) is 2.67. The number of aliphatic imine (C=N–C) groups is 1. The first-order chi connectivity index (χ1) is 8.31. The van der Waals surface area contributed by atoms with Gasteiger partial charge in [-0.2, -0.15) is 0 Å². The summed E-state index contributed by atoms with van der Waals surface area (Å²) in [6, 6.07) is 7.22. The van der Waals surface area contributed by atoms with E-state index in [-0.39, 0.29) is 0 Å². The second-order valence-electron chi connectivity index (χ2n) is 5.05. The summed E-state index contributed by atoms with van der Waals surface area (Å²) in [5.74, 6) is 0. The number of rotatable bonds is 2. The molecule has 2 aliphatic rings. The smallest absolute Gasteiger partial charge is 0.0828 e.